The summed E-state index contributed by atoms with van der Waals surface area (Å²) in [6.07, 6.45) is 1.42. The highest BCUT2D eigenvalue weighted by molar-refractivity contribution is 14.1. The zero-order chi connectivity index (χ0) is 22.2. The Morgan fingerprint density at radius 2 is 2.00 bits per heavy atom. The van der Waals surface area contributed by atoms with E-state index in [9.17, 15) is 9.18 Å². The Morgan fingerprint density at radius 3 is 2.68 bits per heavy atom. The summed E-state index contributed by atoms with van der Waals surface area (Å²) < 4.78 is 26.1. The second-order valence-electron chi connectivity index (χ2n) is 6.31. The van der Waals surface area contributed by atoms with Gasteiger partial charge in [0.15, 0.2) is 11.5 Å². The van der Waals surface area contributed by atoms with Crippen molar-refractivity contribution < 1.29 is 18.7 Å². The molecule has 0 aliphatic heterocycles. The third kappa shape index (κ3) is 5.79. The lowest BCUT2D eigenvalue weighted by atomic mass is 10.1. The van der Waals surface area contributed by atoms with Crippen molar-refractivity contribution in [1.29, 1.82) is 5.26 Å². The number of carbonyl (C=O) groups is 1. The van der Waals surface area contributed by atoms with Crippen molar-refractivity contribution in [2.75, 3.05) is 7.11 Å². The molecule has 1 N–H and O–H groups in total. The van der Waals surface area contributed by atoms with Crippen molar-refractivity contribution >= 4 is 34.7 Å². The Labute approximate surface area is 192 Å². The van der Waals surface area contributed by atoms with E-state index in [1.54, 1.807) is 6.07 Å². The van der Waals surface area contributed by atoms with E-state index < -0.39 is 11.7 Å². The summed E-state index contributed by atoms with van der Waals surface area (Å²) in [4.78, 5) is 12.1. The van der Waals surface area contributed by atoms with E-state index in [4.69, 9.17) is 14.7 Å². The second kappa shape index (κ2) is 10.5. The highest BCUT2D eigenvalue weighted by atomic mass is 127. The van der Waals surface area contributed by atoms with Gasteiger partial charge in [0.1, 0.15) is 12.4 Å². The molecule has 6 nitrogen and oxygen atoms in total. The van der Waals surface area contributed by atoms with E-state index in [0.29, 0.717) is 23.7 Å². The van der Waals surface area contributed by atoms with Crippen molar-refractivity contribution in [3.05, 3.63) is 92.3 Å². The fraction of sp³-hybridized carbons (Fsp3) is 0.0870. The number of nitrogens with zero attached hydrogens (tertiary/aromatic N) is 2. The quantitative estimate of drug-likeness (QED) is 0.275. The van der Waals surface area contributed by atoms with E-state index in [1.807, 2.05) is 42.5 Å². The van der Waals surface area contributed by atoms with E-state index in [1.165, 1.54) is 25.5 Å². The maximum atomic E-state index is 13.9. The molecule has 3 aromatic carbocycles. The predicted octanol–water partition coefficient (Wildman–Crippen LogP) is 4.65. The van der Waals surface area contributed by atoms with Crippen molar-refractivity contribution in [2.24, 2.45) is 5.10 Å². The number of nitriles is 1. The van der Waals surface area contributed by atoms with Crippen molar-refractivity contribution in [1.82, 2.24) is 5.43 Å². The first-order chi connectivity index (χ1) is 15.0. The van der Waals surface area contributed by atoms with Crippen molar-refractivity contribution in [2.45, 2.75) is 6.61 Å². The molecule has 0 aliphatic rings. The SMILES string of the molecule is COc1cc(/C=N\NC(=O)c2ccc(C#N)cc2F)cc(I)c1OCc1ccccc1. The van der Waals surface area contributed by atoms with E-state index in [0.717, 1.165) is 15.2 Å². The lowest BCUT2D eigenvalue weighted by Crippen LogP contribution is -2.19. The van der Waals surface area contributed by atoms with Crippen LogP contribution in [0.3, 0.4) is 0 Å². The molecule has 0 saturated carbocycles. The number of hydrogen-bond acceptors (Lipinski definition) is 5. The van der Waals surface area contributed by atoms with Gasteiger partial charge < -0.3 is 9.47 Å². The average molecular weight is 529 g/mol. The molecule has 156 valence electrons. The van der Waals surface area contributed by atoms with Gasteiger partial charge in [-0.05, 0) is 64.0 Å². The summed E-state index contributed by atoms with van der Waals surface area (Å²) in [5.74, 6) is -0.382. The molecule has 0 aromatic heterocycles. The number of benzene rings is 3. The summed E-state index contributed by atoms with van der Waals surface area (Å²) in [5.41, 5.74) is 3.90. The van der Waals surface area contributed by atoms with Crippen LogP contribution in [-0.4, -0.2) is 19.2 Å². The van der Waals surface area contributed by atoms with Crippen LogP contribution in [0, 0.1) is 20.7 Å². The molecule has 31 heavy (non-hydrogen) atoms. The number of methoxy groups -OCH3 is 1. The number of rotatable bonds is 7. The Hall–Kier alpha value is -3.45. The molecule has 3 rings (SSSR count). The van der Waals surface area contributed by atoms with Gasteiger partial charge >= 0.3 is 0 Å². The molecule has 0 unspecified atom stereocenters. The zero-order valence-corrected chi connectivity index (χ0v) is 18.6. The molecule has 0 radical (unpaired) electrons. The normalized spacial score (nSPS) is 10.5. The maximum Gasteiger partial charge on any atom is 0.274 e. The van der Waals surface area contributed by atoms with Crippen LogP contribution in [0.25, 0.3) is 0 Å². The first-order valence-electron chi connectivity index (χ1n) is 9.09. The van der Waals surface area contributed by atoms with Crippen LogP contribution >= 0.6 is 22.6 Å². The minimum absolute atomic E-state index is 0.133. The third-order valence-electron chi connectivity index (χ3n) is 4.20. The highest BCUT2D eigenvalue weighted by Crippen LogP contribution is 2.34. The van der Waals surface area contributed by atoms with Gasteiger partial charge in [0.25, 0.3) is 5.91 Å². The molecule has 8 heteroatoms. The molecule has 1 amide bonds. The monoisotopic (exact) mass is 529 g/mol. The lowest BCUT2D eigenvalue weighted by molar-refractivity contribution is 0.0951. The van der Waals surface area contributed by atoms with E-state index in [-0.39, 0.29) is 11.1 Å². The fourth-order valence-electron chi connectivity index (χ4n) is 2.68. The molecule has 3 aromatic rings. The highest BCUT2D eigenvalue weighted by Gasteiger charge is 2.13. The summed E-state index contributed by atoms with van der Waals surface area (Å²) in [6.45, 7) is 0.396. The number of carbonyl (C=O) groups excluding carboxylic acids is 1. The second-order valence-corrected chi connectivity index (χ2v) is 7.48. The molecule has 0 spiro atoms. The standard InChI is InChI=1S/C23H17FIN3O3/c1-30-21-11-17(10-20(25)22(21)31-14-15-5-3-2-4-6-15)13-27-28-23(29)18-8-7-16(12-26)9-19(18)24/h2-11,13H,14H2,1H3,(H,28,29)/b27-13-. The number of amides is 1. The van der Waals surface area contributed by atoms with Gasteiger partial charge in [-0.1, -0.05) is 30.3 Å². The fourth-order valence-corrected chi connectivity index (χ4v) is 3.46. The van der Waals surface area contributed by atoms with Crippen LogP contribution in [0.2, 0.25) is 0 Å². The van der Waals surface area contributed by atoms with Crippen LogP contribution in [0.4, 0.5) is 4.39 Å². The van der Waals surface area contributed by atoms with Crippen LogP contribution in [0.15, 0.2) is 65.8 Å². The van der Waals surface area contributed by atoms with Gasteiger partial charge in [0.2, 0.25) is 0 Å². The number of hydrogen-bond donors (Lipinski definition) is 1. The maximum absolute atomic E-state index is 13.9. The van der Waals surface area contributed by atoms with Gasteiger partial charge in [0, 0.05) is 0 Å². The van der Waals surface area contributed by atoms with Gasteiger partial charge in [-0.2, -0.15) is 10.4 Å². The van der Waals surface area contributed by atoms with Crippen LogP contribution < -0.4 is 14.9 Å². The molecule has 0 bridgehead atoms. The van der Waals surface area contributed by atoms with Gasteiger partial charge in [-0.3, -0.25) is 4.79 Å². The molecule has 0 aliphatic carbocycles. The van der Waals surface area contributed by atoms with Gasteiger partial charge in [0.05, 0.1) is 34.1 Å². The van der Waals surface area contributed by atoms with Crippen molar-refractivity contribution in [3.63, 3.8) is 0 Å². The van der Waals surface area contributed by atoms with Crippen molar-refractivity contribution in [3.8, 4) is 17.6 Å². The molecular formula is C23H17FIN3O3. The predicted molar refractivity (Wildman–Crippen MR) is 123 cm³/mol. The first kappa shape index (κ1) is 22.2. The van der Waals surface area contributed by atoms with Crippen LogP contribution in [-0.2, 0) is 6.61 Å². The Balaban J connectivity index is 1.70. The number of ether oxygens (including phenoxy) is 2. The summed E-state index contributed by atoms with van der Waals surface area (Å²) in [5, 5.41) is 12.7. The minimum Gasteiger partial charge on any atom is -0.493 e. The Morgan fingerprint density at radius 1 is 1.23 bits per heavy atom. The van der Waals surface area contributed by atoms with Gasteiger partial charge in [-0.25, -0.2) is 9.82 Å². The molecule has 0 heterocycles. The van der Waals surface area contributed by atoms with Crippen LogP contribution in [0.5, 0.6) is 11.5 Å². The van der Waals surface area contributed by atoms with Crippen LogP contribution in [0.1, 0.15) is 27.0 Å². The molecule has 0 saturated heterocycles. The molecule has 0 fully saturated rings. The summed E-state index contributed by atoms with van der Waals surface area (Å²) in [6, 6.07) is 18.7. The Bertz CT molecular complexity index is 1160. The lowest BCUT2D eigenvalue weighted by Gasteiger charge is -2.13. The van der Waals surface area contributed by atoms with E-state index in [2.05, 4.69) is 33.1 Å². The minimum atomic E-state index is -0.789. The van der Waals surface area contributed by atoms with E-state index >= 15 is 0 Å². The number of hydrazone groups is 1. The number of nitrogens with one attached hydrogen (secondary N) is 1. The van der Waals surface area contributed by atoms with Gasteiger partial charge in [-0.15, -0.1) is 0 Å². The first-order valence-corrected chi connectivity index (χ1v) is 10.2. The average Bonchev–Trinajstić information content (AvgIpc) is 2.78. The smallest absolute Gasteiger partial charge is 0.274 e. The summed E-state index contributed by atoms with van der Waals surface area (Å²) in [7, 11) is 1.54. The zero-order valence-electron chi connectivity index (χ0n) is 16.4. The Kier molecular flexibility index (Phi) is 7.56. The topological polar surface area (TPSA) is 83.7 Å². The largest absolute Gasteiger partial charge is 0.493 e. The third-order valence-corrected chi connectivity index (χ3v) is 5.00. The molecule has 0 atom stereocenters. The summed E-state index contributed by atoms with van der Waals surface area (Å²) >= 11 is 2.13. The number of halogens is 2. The molecular weight excluding hydrogens is 512 g/mol.